The molecule has 1 aromatic carbocycles. The third kappa shape index (κ3) is 2.27. The van der Waals surface area contributed by atoms with Crippen molar-refractivity contribution in [1.82, 2.24) is 10.3 Å². The Labute approximate surface area is 95.7 Å². The van der Waals surface area contributed by atoms with Crippen molar-refractivity contribution in [2.24, 2.45) is 0 Å². The Kier molecular flexibility index (Phi) is 2.98. The van der Waals surface area contributed by atoms with Gasteiger partial charge in [0.25, 0.3) is 0 Å². The van der Waals surface area contributed by atoms with Crippen LogP contribution in [0.15, 0.2) is 24.3 Å². The molecule has 0 aliphatic rings. The van der Waals surface area contributed by atoms with Crippen molar-refractivity contribution in [3.05, 3.63) is 24.3 Å². The van der Waals surface area contributed by atoms with Gasteiger partial charge in [0, 0.05) is 0 Å². The van der Waals surface area contributed by atoms with Gasteiger partial charge in [0.15, 0.2) is 5.13 Å². The molecule has 80 valence electrons. The van der Waals surface area contributed by atoms with Crippen LogP contribution in [0.5, 0.6) is 0 Å². The van der Waals surface area contributed by atoms with Crippen LogP contribution in [0.4, 0.5) is 9.93 Å². The Hall–Kier alpha value is -2.13. The summed E-state index contributed by atoms with van der Waals surface area (Å²) in [5.74, 6) is 0. The van der Waals surface area contributed by atoms with Gasteiger partial charge in [0.1, 0.15) is 6.54 Å². The van der Waals surface area contributed by atoms with Crippen molar-refractivity contribution in [1.29, 1.82) is 5.26 Å². The van der Waals surface area contributed by atoms with Crippen LogP contribution in [0.2, 0.25) is 0 Å². The van der Waals surface area contributed by atoms with E-state index in [1.807, 2.05) is 30.3 Å². The van der Waals surface area contributed by atoms with E-state index in [2.05, 4.69) is 15.6 Å². The number of nitrogens with one attached hydrogen (secondary N) is 2. The minimum atomic E-state index is -0.416. The van der Waals surface area contributed by atoms with Crippen LogP contribution in [0.3, 0.4) is 0 Å². The Morgan fingerprint density at radius 2 is 2.31 bits per heavy atom. The summed E-state index contributed by atoms with van der Waals surface area (Å²) in [5.41, 5.74) is 0.850. The lowest BCUT2D eigenvalue weighted by Gasteiger charge is -1.99. The highest BCUT2D eigenvalue weighted by molar-refractivity contribution is 7.22. The number of carbonyl (C=O) groups is 1. The fourth-order valence-electron chi connectivity index (χ4n) is 1.19. The molecule has 2 rings (SSSR count). The number of para-hydroxylation sites is 1. The zero-order valence-corrected chi connectivity index (χ0v) is 9.04. The molecule has 6 heteroatoms. The van der Waals surface area contributed by atoms with E-state index in [1.54, 1.807) is 0 Å². The van der Waals surface area contributed by atoms with Crippen LogP contribution in [0, 0.1) is 11.3 Å². The van der Waals surface area contributed by atoms with E-state index in [-0.39, 0.29) is 6.54 Å². The third-order valence-corrected chi connectivity index (χ3v) is 2.79. The average molecular weight is 232 g/mol. The molecule has 0 saturated carbocycles. The van der Waals surface area contributed by atoms with E-state index in [1.165, 1.54) is 11.3 Å². The van der Waals surface area contributed by atoms with Gasteiger partial charge in [-0.2, -0.15) is 5.26 Å². The van der Waals surface area contributed by atoms with Crippen LogP contribution < -0.4 is 10.6 Å². The standard InChI is InChI=1S/C10H8N4OS/c11-5-6-12-9(15)14-10-13-7-3-1-2-4-8(7)16-10/h1-4H,6H2,(H2,12,13,14,15). The number of nitrogens with zero attached hydrogens (tertiary/aromatic N) is 2. The summed E-state index contributed by atoms with van der Waals surface area (Å²) in [6.07, 6.45) is 0. The maximum Gasteiger partial charge on any atom is 0.321 e. The molecule has 0 radical (unpaired) electrons. The van der Waals surface area contributed by atoms with Gasteiger partial charge in [-0.15, -0.1) is 0 Å². The lowest BCUT2D eigenvalue weighted by molar-refractivity contribution is 0.253. The molecule has 0 saturated heterocycles. The number of nitriles is 1. The summed E-state index contributed by atoms with van der Waals surface area (Å²) in [4.78, 5) is 15.5. The van der Waals surface area contributed by atoms with Crippen molar-refractivity contribution in [2.45, 2.75) is 0 Å². The van der Waals surface area contributed by atoms with Crippen molar-refractivity contribution < 1.29 is 4.79 Å². The third-order valence-electron chi connectivity index (χ3n) is 1.84. The predicted molar refractivity (Wildman–Crippen MR) is 62.3 cm³/mol. The lowest BCUT2D eigenvalue weighted by atomic mass is 10.3. The number of amides is 2. The highest BCUT2D eigenvalue weighted by Gasteiger charge is 2.05. The molecular weight excluding hydrogens is 224 g/mol. The molecular formula is C10H8N4OS. The Morgan fingerprint density at radius 3 is 3.06 bits per heavy atom. The molecule has 1 heterocycles. The fraction of sp³-hybridized carbons (Fsp3) is 0.100. The number of aromatic nitrogens is 1. The first-order valence-electron chi connectivity index (χ1n) is 4.57. The highest BCUT2D eigenvalue weighted by Crippen LogP contribution is 2.24. The molecule has 0 aliphatic carbocycles. The maximum atomic E-state index is 11.2. The van der Waals surface area contributed by atoms with Gasteiger partial charge in [-0.1, -0.05) is 23.5 Å². The van der Waals surface area contributed by atoms with Gasteiger partial charge >= 0.3 is 6.03 Å². The van der Waals surface area contributed by atoms with Crippen molar-refractivity contribution >= 4 is 32.7 Å². The summed E-state index contributed by atoms with van der Waals surface area (Å²) in [7, 11) is 0. The number of thiazole rings is 1. The largest absolute Gasteiger partial charge is 0.325 e. The van der Waals surface area contributed by atoms with Crippen LogP contribution in [-0.4, -0.2) is 17.6 Å². The van der Waals surface area contributed by atoms with Crippen LogP contribution in [0.1, 0.15) is 0 Å². The minimum absolute atomic E-state index is 0.0171. The minimum Gasteiger partial charge on any atom is -0.325 e. The second kappa shape index (κ2) is 4.59. The van der Waals surface area contributed by atoms with Crippen LogP contribution >= 0.6 is 11.3 Å². The van der Waals surface area contributed by atoms with Gasteiger partial charge in [-0.25, -0.2) is 9.78 Å². The monoisotopic (exact) mass is 232 g/mol. The number of hydrogen-bond acceptors (Lipinski definition) is 4. The molecule has 0 fully saturated rings. The van der Waals surface area contributed by atoms with Crippen LogP contribution in [-0.2, 0) is 0 Å². The van der Waals surface area contributed by atoms with E-state index in [0.29, 0.717) is 5.13 Å². The van der Waals surface area contributed by atoms with Gasteiger partial charge in [-0.3, -0.25) is 5.32 Å². The summed E-state index contributed by atoms with van der Waals surface area (Å²) in [6.45, 7) is -0.0171. The quantitative estimate of drug-likeness (QED) is 0.777. The first-order valence-corrected chi connectivity index (χ1v) is 5.38. The van der Waals surface area contributed by atoms with Crippen molar-refractivity contribution in [3.8, 4) is 6.07 Å². The van der Waals surface area contributed by atoms with E-state index in [9.17, 15) is 4.79 Å². The number of rotatable bonds is 2. The second-order valence-electron chi connectivity index (χ2n) is 2.95. The first kappa shape index (κ1) is 10.4. The lowest BCUT2D eigenvalue weighted by Crippen LogP contribution is -2.28. The predicted octanol–water partition coefficient (Wildman–Crippen LogP) is 1.94. The Morgan fingerprint density at radius 1 is 1.50 bits per heavy atom. The molecule has 2 N–H and O–H groups in total. The molecule has 0 spiro atoms. The summed E-state index contributed by atoms with van der Waals surface area (Å²) >= 11 is 1.39. The molecule has 0 bridgehead atoms. The summed E-state index contributed by atoms with van der Waals surface area (Å²) < 4.78 is 1.01. The molecule has 0 atom stereocenters. The molecule has 2 amide bonds. The Balaban J connectivity index is 2.10. The molecule has 2 aromatic rings. The molecule has 1 aromatic heterocycles. The number of hydrogen-bond donors (Lipinski definition) is 2. The molecule has 16 heavy (non-hydrogen) atoms. The first-order chi connectivity index (χ1) is 7.79. The number of urea groups is 1. The van der Waals surface area contributed by atoms with Crippen molar-refractivity contribution in [2.75, 3.05) is 11.9 Å². The molecule has 5 nitrogen and oxygen atoms in total. The zero-order valence-electron chi connectivity index (χ0n) is 8.23. The summed E-state index contributed by atoms with van der Waals surface area (Å²) in [5, 5.41) is 13.8. The fourth-order valence-corrected chi connectivity index (χ4v) is 2.05. The number of carbonyl (C=O) groups excluding carboxylic acids is 1. The number of fused-ring (bicyclic) bond motifs is 1. The van der Waals surface area contributed by atoms with Gasteiger partial charge in [0.05, 0.1) is 16.3 Å². The van der Waals surface area contributed by atoms with E-state index in [4.69, 9.17) is 5.26 Å². The van der Waals surface area contributed by atoms with E-state index in [0.717, 1.165) is 10.2 Å². The van der Waals surface area contributed by atoms with E-state index < -0.39 is 6.03 Å². The second-order valence-corrected chi connectivity index (χ2v) is 3.98. The molecule has 0 unspecified atom stereocenters. The SMILES string of the molecule is N#CCNC(=O)Nc1nc2ccccc2s1. The zero-order chi connectivity index (χ0) is 11.4. The number of benzene rings is 1. The van der Waals surface area contributed by atoms with Gasteiger partial charge in [-0.05, 0) is 12.1 Å². The smallest absolute Gasteiger partial charge is 0.321 e. The van der Waals surface area contributed by atoms with Gasteiger partial charge in [0.2, 0.25) is 0 Å². The molecule has 0 aliphatic heterocycles. The number of anilines is 1. The van der Waals surface area contributed by atoms with Crippen LogP contribution in [0.25, 0.3) is 10.2 Å². The van der Waals surface area contributed by atoms with Crippen molar-refractivity contribution in [3.63, 3.8) is 0 Å². The topological polar surface area (TPSA) is 77.8 Å². The summed E-state index contributed by atoms with van der Waals surface area (Å²) in [6, 6.07) is 9.03. The average Bonchev–Trinajstić information content (AvgIpc) is 2.68. The normalized spacial score (nSPS) is 9.69. The van der Waals surface area contributed by atoms with Gasteiger partial charge < -0.3 is 5.32 Å². The Bertz CT molecular complexity index is 524. The van der Waals surface area contributed by atoms with E-state index >= 15 is 0 Å². The highest BCUT2D eigenvalue weighted by atomic mass is 32.1. The maximum absolute atomic E-state index is 11.2.